The van der Waals surface area contributed by atoms with Gasteiger partial charge < -0.3 is 15.2 Å². The van der Waals surface area contributed by atoms with Gasteiger partial charge in [-0.2, -0.15) is 0 Å². The highest BCUT2D eigenvalue weighted by molar-refractivity contribution is 5.26. The maximum atomic E-state index is 11.2. The van der Waals surface area contributed by atoms with Crippen LogP contribution in [-0.4, -0.2) is 22.0 Å². The highest BCUT2D eigenvalue weighted by Gasteiger charge is 2.66. The van der Waals surface area contributed by atoms with Crippen LogP contribution in [0.2, 0.25) is 0 Å². The maximum Gasteiger partial charge on any atom is 0.173 e. The number of hydrogen-bond acceptors (Lipinski definition) is 3. The Kier molecular flexibility index (Phi) is 3.69. The van der Waals surface area contributed by atoms with Gasteiger partial charge in [0.1, 0.15) is 0 Å². The van der Waals surface area contributed by atoms with Crippen LogP contribution in [0.25, 0.3) is 0 Å². The molecule has 3 heteroatoms. The number of aliphatic hydroxyl groups is 1. The van der Waals surface area contributed by atoms with E-state index in [9.17, 15) is 5.11 Å². The second-order valence-electron chi connectivity index (χ2n) is 9.28. The highest BCUT2D eigenvalue weighted by Crippen LogP contribution is 2.63. The number of rotatable bonds is 2. The molecular weight excluding hydrogens is 274 g/mol. The predicted molar refractivity (Wildman–Crippen MR) is 89.2 cm³/mol. The first-order valence-corrected chi connectivity index (χ1v) is 8.96. The summed E-state index contributed by atoms with van der Waals surface area (Å²) in [6.45, 7) is 13.3. The molecule has 126 valence electrons. The van der Waals surface area contributed by atoms with Gasteiger partial charge in [0.15, 0.2) is 5.79 Å². The van der Waals surface area contributed by atoms with Crippen molar-refractivity contribution in [1.29, 1.82) is 0 Å². The van der Waals surface area contributed by atoms with Gasteiger partial charge in [-0.3, -0.25) is 0 Å². The zero-order valence-corrected chi connectivity index (χ0v) is 15.1. The third kappa shape index (κ3) is 2.41. The molecule has 2 bridgehead atoms. The molecular formula is C19H33NO2. The molecule has 2 aliphatic heterocycles. The molecule has 3 rings (SSSR count). The van der Waals surface area contributed by atoms with E-state index in [0.717, 1.165) is 6.42 Å². The fourth-order valence-electron chi connectivity index (χ4n) is 5.01. The van der Waals surface area contributed by atoms with Crippen LogP contribution in [0.5, 0.6) is 0 Å². The van der Waals surface area contributed by atoms with Gasteiger partial charge in [-0.15, -0.1) is 0 Å². The van der Waals surface area contributed by atoms with Crippen LogP contribution >= 0.6 is 0 Å². The van der Waals surface area contributed by atoms with Crippen LogP contribution in [0.15, 0.2) is 11.8 Å². The summed E-state index contributed by atoms with van der Waals surface area (Å²) in [7, 11) is 0. The zero-order chi connectivity index (χ0) is 16.3. The fourth-order valence-corrected chi connectivity index (χ4v) is 5.01. The Hall–Kier alpha value is -0.540. The molecule has 3 fully saturated rings. The molecule has 2 N–H and O–H groups in total. The molecule has 22 heavy (non-hydrogen) atoms. The number of fused-ring (bicyclic) bond motifs is 1. The zero-order valence-electron chi connectivity index (χ0n) is 15.1. The van der Waals surface area contributed by atoms with Crippen molar-refractivity contribution in [3.63, 3.8) is 0 Å². The van der Waals surface area contributed by atoms with Crippen LogP contribution < -0.4 is 5.32 Å². The van der Waals surface area contributed by atoms with Crippen molar-refractivity contribution in [2.24, 2.45) is 23.7 Å². The first-order chi connectivity index (χ1) is 10.1. The van der Waals surface area contributed by atoms with Gasteiger partial charge in [0.2, 0.25) is 0 Å². The van der Waals surface area contributed by atoms with E-state index in [2.05, 4.69) is 53.1 Å². The summed E-state index contributed by atoms with van der Waals surface area (Å²) in [5.41, 5.74) is 1.30. The van der Waals surface area contributed by atoms with Crippen LogP contribution in [0.4, 0.5) is 0 Å². The monoisotopic (exact) mass is 307 g/mol. The van der Waals surface area contributed by atoms with Gasteiger partial charge in [-0.1, -0.05) is 20.8 Å². The van der Waals surface area contributed by atoms with Gasteiger partial charge in [0.05, 0.1) is 5.60 Å². The SMILES string of the molecule is CC(C)C1CC23OC1(O)CC(=CNC(C)(C)C)C2CCC3C. The minimum Gasteiger partial charge on any atom is -0.386 e. The topological polar surface area (TPSA) is 41.5 Å². The van der Waals surface area contributed by atoms with E-state index < -0.39 is 5.79 Å². The Bertz CT molecular complexity index is 478. The Labute approximate surface area is 135 Å². The molecule has 2 saturated heterocycles. The molecule has 5 atom stereocenters. The summed E-state index contributed by atoms with van der Waals surface area (Å²) < 4.78 is 6.43. The van der Waals surface area contributed by atoms with Gasteiger partial charge in [-0.25, -0.2) is 0 Å². The molecule has 0 radical (unpaired) electrons. The third-order valence-electron chi connectivity index (χ3n) is 6.20. The number of nitrogens with one attached hydrogen (secondary N) is 1. The van der Waals surface area contributed by atoms with Crippen molar-refractivity contribution in [3.8, 4) is 0 Å². The van der Waals surface area contributed by atoms with E-state index in [1.807, 2.05) is 0 Å². The van der Waals surface area contributed by atoms with Crippen molar-refractivity contribution in [3.05, 3.63) is 11.8 Å². The standard InChI is InChI=1S/C19H33NO2/c1-12(2)16-10-18-13(3)7-8-15(18)14(9-19(16,21)22-18)11-20-17(4,5)6/h11-13,15-16,20-21H,7-10H2,1-6H3. The average Bonchev–Trinajstić information content (AvgIpc) is 2.83. The summed E-state index contributed by atoms with van der Waals surface area (Å²) >= 11 is 0. The lowest BCUT2D eigenvalue weighted by Gasteiger charge is -2.44. The third-order valence-corrected chi connectivity index (χ3v) is 6.20. The maximum absolute atomic E-state index is 11.2. The van der Waals surface area contributed by atoms with Crippen molar-refractivity contribution < 1.29 is 9.84 Å². The van der Waals surface area contributed by atoms with E-state index in [1.54, 1.807) is 0 Å². The lowest BCUT2D eigenvalue weighted by molar-refractivity contribution is -0.269. The first kappa shape index (κ1) is 16.3. The lowest BCUT2D eigenvalue weighted by atomic mass is 9.77. The Balaban J connectivity index is 1.97. The summed E-state index contributed by atoms with van der Waals surface area (Å²) in [5.74, 6) is 0.741. The summed E-state index contributed by atoms with van der Waals surface area (Å²) in [5, 5.41) is 14.7. The average molecular weight is 307 g/mol. The van der Waals surface area contributed by atoms with E-state index in [1.165, 1.54) is 18.4 Å². The molecule has 3 nitrogen and oxygen atoms in total. The van der Waals surface area contributed by atoms with Gasteiger partial charge >= 0.3 is 0 Å². The molecule has 5 unspecified atom stereocenters. The normalized spacial score (nSPS) is 46.4. The smallest absolute Gasteiger partial charge is 0.173 e. The first-order valence-electron chi connectivity index (χ1n) is 8.96. The van der Waals surface area contributed by atoms with Crippen molar-refractivity contribution >= 4 is 0 Å². The molecule has 0 aromatic carbocycles. The molecule has 0 aromatic heterocycles. The van der Waals surface area contributed by atoms with E-state index >= 15 is 0 Å². The molecule has 1 spiro atoms. The molecule has 1 saturated carbocycles. The fraction of sp³-hybridized carbons (Fsp3) is 0.895. The lowest BCUT2D eigenvalue weighted by Crippen LogP contribution is -2.49. The summed E-state index contributed by atoms with van der Waals surface area (Å²) in [6.07, 6.45) is 6.27. The van der Waals surface area contributed by atoms with E-state index in [4.69, 9.17) is 4.74 Å². The minimum absolute atomic E-state index is 0.0573. The van der Waals surface area contributed by atoms with Gasteiger partial charge in [0.25, 0.3) is 0 Å². The Morgan fingerprint density at radius 2 is 2.00 bits per heavy atom. The molecule has 0 aromatic rings. The van der Waals surface area contributed by atoms with Gasteiger partial charge in [-0.05, 0) is 63.6 Å². The van der Waals surface area contributed by atoms with Crippen LogP contribution in [0.1, 0.15) is 67.2 Å². The molecule has 2 heterocycles. The van der Waals surface area contributed by atoms with E-state index in [-0.39, 0.29) is 17.1 Å². The Morgan fingerprint density at radius 1 is 1.32 bits per heavy atom. The van der Waals surface area contributed by atoms with Crippen molar-refractivity contribution in [2.45, 2.75) is 84.2 Å². The summed E-state index contributed by atoms with van der Waals surface area (Å²) in [6, 6.07) is 0. The van der Waals surface area contributed by atoms with Crippen LogP contribution in [0, 0.1) is 23.7 Å². The summed E-state index contributed by atoms with van der Waals surface area (Å²) in [4.78, 5) is 0. The van der Waals surface area contributed by atoms with Crippen molar-refractivity contribution in [2.75, 3.05) is 0 Å². The van der Waals surface area contributed by atoms with Crippen molar-refractivity contribution in [1.82, 2.24) is 5.32 Å². The molecule has 1 aliphatic carbocycles. The van der Waals surface area contributed by atoms with Crippen LogP contribution in [0.3, 0.4) is 0 Å². The minimum atomic E-state index is -0.964. The van der Waals surface area contributed by atoms with Gasteiger partial charge in [0, 0.05) is 23.8 Å². The molecule has 0 amide bonds. The largest absolute Gasteiger partial charge is 0.386 e. The highest BCUT2D eigenvalue weighted by atomic mass is 16.6. The second-order valence-corrected chi connectivity index (χ2v) is 9.28. The quantitative estimate of drug-likeness (QED) is 0.814. The predicted octanol–water partition coefficient (Wildman–Crippen LogP) is 3.83. The van der Waals surface area contributed by atoms with Crippen LogP contribution in [-0.2, 0) is 4.74 Å². The second kappa shape index (κ2) is 4.98. The Morgan fingerprint density at radius 3 is 2.59 bits per heavy atom. The van der Waals surface area contributed by atoms with E-state index in [0.29, 0.717) is 24.2 Å². The molecule has 3 aliphatic rings. The number of ether oxygens (including phenoxy) is 1. The number of hydrogen-bond donors (Lipinski definition) is 2.